The molecule has 3 nitrogen and oxygen atoms in total. The van der Waals surface area contributed by atoms with Gasteiger partial charge in [-0.3, -0.25) is 0 Å². The maximum absolute atomic E-state index is 12.9. The number of fused-ring (bicyclic) bond motifs is 1. The summed E-state index contributed by atoms with van der Waals surface area (Å²) < 4.78 is 35.1. The first kappa shape index (κ1) is 13.3. The highest BCUT2D eigenvalue weighted by Gasteiger charge is 2.43. The van der Waals surface area contributed by atoms with Crippen molar-refractivity contribution in [3.8, 4) is 11.5 Å². The maximum atomic E-state index is 12.9. The van der Waals surface area contributed by atoms with E-state index in [9.17, 15) is 13.6 Å². The fourth-order valence-electron chi connectivity index (χ4n) is 1.66. The molecule has 1 aliphatic rings. The molecule has 98 valence electrons. The van der Waals surface area contributed by atoms with E-state index >= 15 is 0 Å². The van der Waals surface area contributed by atoms with Crippen LogP contribution in [0.15, 0.2) is 16.6 Å². The monoisotopic (exact) mass is 320 g/mol. The van der Waals surface area contributed by atoms with Crippen molar-refractivity contribution in [2.75, 3.05) is 0 Å². The summed E-state index contributed by atoms with van der Waals surface area (Å²) in [5.74, 6) is -0.0280. The Morgan fingerprint density at radius 3 is 2.61 bits per heavy atom. The van der Waals surface area contributed by atoms with Crippen LogP contribution < -0.4 is 9.47 Å². The molecule has 6 heteroatoms. The minimum absolute atomic E-state index is 0.0130. The second kappa shape index (κ2) is 4.84. The van der Waals surface area contributed by atoms with E-state index in [1.54, 1.807) is 0 Å². The van der Waals surface area contributed by atoms with Crippen molar-refractivity contribution in [3.05, 3.63) is 22.2 Å². The van der Waals surface area contributed by atoms with E-state index in [0.717, 1.165) is 11.8 Å². The number of ether oxygens (including phenoxy) is 2. The SMILES string of the molecule is CC(C=O)CCc1cc2c(cc1Br)OC(F)(F)O2. The molecule has 0 saturated heterocycles. The topological polar surface area (TPSA) is 35.5 Å². The summed E-state index contributed by atoms with van der Waals surface area (Å²) in [5, 5.41) is 0. The molecule has 0 bridgehead atoms. The fourth-order valence-corrected chi connectivity index (χ4v) is 2.18. The van der Waals surface area contributed by atoms with Crippen LogP contribution in [0.2, 0.25) is 0 Å². The average Bonchev–Trinajstić information content (AvgIpc) is 2.58. The number of hydrogen-bond donors (Lipinski definition) is 0. The number of hydrogen-bond acceptors (Lipinski definition) is 3. The molecule has 18 heavy (non-hydrogen) atoms. The van der Waals surface area contributed by atoms with E-state index in [4.69, 9.17) is 0 Å². The van der Waals surface area contributed by atoms with Gasteiger partial charge in [-0.05, 0) is 30.5 Å². The molecule has 0 N–H and O–H groups in total. The van der Waals surface area contributed by atoms with Crippen LogP contribution in [0, 0.1) is 5.92 Å². The highest BCUT2D eigenvalue weighted by molar-refractivity contribution is 9.10. The molecule has 0 saturated carbocycles. The second-order valence-corrected chi connectivity index (χ2v) is 5.06. The van der Waals surface area contributed by atoms with E-state index < -0.39 is 6.29 Å². The van der Waals surface area contributed by atoms with Gasteiger partial charge in [0.1, 0.15) is 6.29 Å². The molecule has 1 atom stereocenters. The standard InChI is InChI=1S/C12H11BrF2O3/c1-7(6-16)2-3-8-4-10-11(5-9(8)13)18-12(14,15)17-10/h4-7H,2-3H2,1H3. The third-order valence-electron chi connectivity index (χ3n) is 2.67. The fraction of sp³-hybridized carbons (Fsp3) is 0.417. The largest absolute Gasteiger partial charge is 0.586 e. The number of halogens is 3. The van der Waals surface area contributed by atoms with Gasteiger partial charge >= 0.3 is 6.29 Å². The second-order valence-electron chi connectivity index (χ2n) is 4.21. The average molecular weight is 321 g/mol. The van der Waals surface area contributed by atoms with E-state index in [2.05, 4.69) is 25.4 Å². The van der Waals surface area contributed by atoms with Gasteiger partial charge in [0.2, 0.25) is 0 Å². The molecule has 1 heterocycles. The molecule has 0 aliphatic carbocycles. The normalized spacial score (nSPS) is 17.6. The maximum Gasteiger partial charge on any atom is 0.586 e. The van der Waals surface area contributed by atoms with Gasteiger partial charge in [0.15, 0.2) is 11.5 Å². The lowest BCUT2D eigenvalue weighted by Gasteiger charge is -2.07. The highest BCUT2D eigenvalue weighted by atomic mass is 79.9. The van der Waals surface area contributed by atoms with Crippen molar-refractivity contribution >= 4 is 22.2 Å². The van der Waals surface area contributed by atoms with Gasteiger partial charge in [0, 0.05) is 10.4 Å². The Balaban J connectivity index is 2.17. The van der Waals surface area contributed by atoms with Gasteiger partial charge in [-0.15, -0.1) is 8.78 Å². The Kier molecular flexibility index (Phi) is 3.56. The van der Waals surface area contributed by atoms with Gasteiger partial charge in [-0.2, -0.15) is 0 Å². The Hall–Kier alpha value is -1.17. The summed E-state index contributed by atoms with van der Waals surface area (Å²) in [5.41, 5.74) is 0.809. The quantitative estimate of drug-likeness (QED) is 0.796. The summed E-state index contributed by atoms with van der Waals surface area (Å²) in [6.45, 7) is 1.81. The lowest BCUT2D eigenvalue weighted by Crippen LogP contribution is -2.25. The Morgan fingerprint density at radius 1 is 1.39 bits per heavy atom. The zero-order chi connectivity index (χ0) is 13.3. The Morgan fingerprint density at radius 2 is 2.00 bits per heavy atom. The minimum Gasteiger partial charge on any atom is -0.395 e. The van der Waals surface area contributed by atoms with Gasteiger partial charge in [0.25, 0.3) is 0 Å². The van der Waals surface area contributed by atoms with Crippen molar-refractivity contribution in [2.45, 2.75) is 26.1 Å². The van der Waals surface area contributed by atoms with Crippen LogP contribution >= 0.6 is 15.9 Å². The number of benzene rings is 1. The van der Waals surface area contributed by atoms with Crippen molar-refractivity contribution in [1.29, 1.82) is 0 Å². The van der Waals surface area contributed by atoms with E-state index in [1.807, 2.05) is 6.92 Å². The summed E-state index contributed by atoms with van der Waals surface area (Å²) in [7, 11) is 0. The summed E-state index contributed by atoms with van der Waals surface area (Å²) in [6, 6.07) is 2.97. The lowest BCUT2D eigenvalue weighted by molar-refractivity contribution is -0.286. The van der Waals surface area contributed by atoms with Crippen molar-refractivity contribution in [3.63, 3.8) is 0 Å². The summed E-state index contributed by atoms with van der Waals surface area (Å²) in [6.07, 6.45) is -1.48. The molecule has 0 spiro atoms. The van der Waals surface area contributed by atoms with Gasteiger partial charge in [-0.25, -0.2) is 0 Å². The van der Waals surface area contributed by atoms with Crippen molar-refractivity contribution in [1.82, 2.24) is 0 Å². The van der Waals surface area contributed by atoms with Crippen LogP contribution in [0.1, 0.15) is 18.9 Å². The first-order chi connectivity index (χ1) is 8.41. The number of aryl methyl sites for hydroxylation is 1. The van der Waals surface area contributed by atoms with Crippen LogP contribution in [-0.4, -0.2) is 12.6 Å². The molecule has 0 amide bonds. The molecule has 1 unspecified atom stereocenters. The molecule has 0 fully saturated rings. The Labute approximate surface area is 111 Å². The first-order valence-electron chi connectivity index (χ1n) is 5.45. The van der Waals surface area contributed by atoms with Crippen LogP contribution in [0.4, 0.5) is 8.78 Å². The Bertz CT molecular complexity index is 477. The first-order valence-corrected chi connectivity index (χ1v) is 6.24. The number of rotatable bonds is 4. The van der Waals surface area contributed by atoms with Gasteiger partial charge in [-0.1, -0.05) is 22.9 Å². The van der Waals surface area contributed by atoms with Crippen LogP contribution in [-0.2, 0) is 11.2 Å². The zero-order valence-corrected chi connectivity index (χ0v) is 11.2. The number of aldehydes is 1. The molecular formula is C12H11BrF2O3. The van der Waals surface area contributed by atoms with E-state index in [0.29, 0.717) is 17.3 Å². The van der Waals surface area contributed by atoms with Crippen LogP contribution in [0.5, 0.6) is 11.5 Å². The third-order valence-corrected chi connectivity index (χ3v) is 3.41. The third kappa shape index (κ3) is 2.80. The summed E-state index contributed by atoms with van der Waals surface area (Å²) in [4.78, 5) is 10.5. The molecule has 1 aliphatic heterocycles. The van der Waals surface area contributed by atoms with Gasteiger partial charge in [0.05, 0.1) is 0 Å². The van der Waals surface area contributed by atoms with Gasteiger partial charge < -0.3 is 14.3 Å². The molecule has 1 aromatic carbocycles. The van der Waals surface area contributed by atoms with Crippen molar-refractivity contribution < 1.29 is 23.0 Å². The number of carbonyl (C=O) groups is 1. The lowest BCUT2D eigenvalue weighted by atomic mass is 10.0. The van der Waals surface area contributed by atoms with Crippen LogP contribution in [0.3, 0.4) is 0 Å². The molecular weight excluding hydrogens is 310 g/mol. The summed E-state index contributed by atoms with van der Waals surface area (Å²) >= 11 is 3.29. The predicted octanol–water partition coefficient (Wildman–Crippen LogP) is 3.54. The minimum atomic E-state index is -3.60. The smallest absolute Gasteiger partial charge is 0.395 e. The van der Waals surface area contributed by atoms with E-state index in [1.165, 1.54) is 12.1 Å². The number of alkyl halides is 2. The zero-order valence-electron chi connectivity index (χ0n) is 9.58. The van der Waals surface area contributed by atoms with Crippen LogP contribution in [0.25, 0.3) is 0 Å². The molecule has 0 radical (unpaired) electrons. The molecule has 2 rings (SSSR count). The number of carbonyl (C=O) groups excluding carboxylic acids is 1. The molecule has 0 aromatic heterocycles. The van der Waals surface area contributed by atoms with E-state index in [-0.39, 0.29) is 17.4 Å². The van der Waals surface area contributed by atoms with Crippen molar-refractivity contribution in [2.24, 2.45) is 5.92 Å². The molecule has 1 aromatic rings. The predicted molar refractivity (Wildman–Crippen MR) is 63.9 cm³/mol. The highest BCUT2D eigenvalue weighted by Crippen LogP contribution is 2.43.